The largest absolute Gasteiger partial charge is 0.386 e. The molecule has 0 aromatic rings. The molecule has 17 heavy (non-hydrogen) atoms. The van der Waals surface area contributed by atoms with Crippen molar-refractivity contribution in [1.82, 2.24) is 10.2 Å². The van der Waals surface area contributed by atoms with Gasteiger partial charge in [0, 0.05) is 12.2 Å². The number of amides is 1. The van der Waals surface area contributed by atoms with Crippen molar-refractivity contribution in [2.75, 3.05) is 6.54 Å². The fourth-order valence-electron chi connectivity index (χ4n) is 3.53. The van der Waals surface area contributed by atoms with Crippen LogP contribution in [-0.4, -0.2) is 23.4 Å². The fraction of sp³-hybridized carbons (Fsp3) is 0.500. The Bertz CT molecular complexity index is 486. The first-order chi connectivity index (χ1) is 8.36. The molecule has 0 bridgehead atoms. The van der Waals surface area contributed by atoms with E-state index in [2.05, 4.69) is 28.4 Å². The highest BCUT2D eigenvalue weighted by atomic mass is 16.2. The zero-order valence-corrected chi connectivity index (χ0v) is 9.78. The highest BCUT2D eigenvalue weighted by Crippen LogP contribution is 2.43. The van der Waals surface area contributed by atoms with Gasteiger partial charge in [-0.1, -0.05) is 12.2 Å². The molecule has 2 atom stereocenters. The lowest BCUT2D eigenvalue weighted by molar-refractivity contribution is -0.131. The van der Waals surface area contributed by atoms with E-state index >= 15 is 0 Å². The molecule has 3 heteroatoms. The maximum absolute atomic E-state index is 12.5. The van der Waals surface area contributed by atoms with Crippen LogP contribution in [0.5, 0.6) is 0 Å². The Kier molecular flexibility index (Phi) is 1.82. The van der Waals surface area contributed by atoms with Crippen molar-refractivity contribution in [3.63, 3.8) is 0 Å². The lowest BCUT2D eigenvalue weighted by Gasteiger charge is -2.27. The van der Waals surface area contributed by atoms with Gasteiger partial charge in [0.25, 0.3) is 0 Å². The first-order valence-electron chi connectivity index (χ1n) is 6.55. The van der Waals surface area contributed by atoms with E-state index in [0.717, 1.165) is 37.9 Å². The van der Waals surface area contributed by atoms with Crippen LogP contribution >= 0.6 is 0 Å². The van der Waals surface area contributed by atoms with Gasteiger partial charge in [-0.3, -0.25) is 4.79 Å². The third kappa shape index (κ3) is 1.14. The Balaban J connectivity index is 1.83. The molecule has 3 aliphatic heterocycles. The third-order valence-corrected chi connectivity index (χ3v) is 4.32. The molecule has 3 heterocycles. The van der Waals surface area contributed by atoms with Crippen LogP contribution in [0.1, 0.15) is 25.7 Å². The fourth-order valence-corrected chi connectivity index (χ4v) is 3.53. The normalized spacial score (nSPS) is 34.2. The molecule has 0 aromatic heterocycles. The molecular weight excluding hydrogens is 212 g/mol. The number of fused-ring (bicyclic) bond motifs is 4. The Morgan fingerprint density at radius 1 is 1.35 bits per heavy atom. The molecule has 0 radical (unpaired) electrons. The second-order valence-corrected chi connectivity index (χ2v) is 5.27. The lowest BCUT2D eigenvalue weighted by atomic mass is 9.93. The third-order valence-electron chi connectivity index (χ3n) is 4.32. The summed E-state index contributed by atoms with van der Waals surface area (Å²) in [7, 11) is 0. The van der Waals surface area contributed by atoms with Crippen LogP contribution in [-0.2, 0) is 4.79 Å². The molecule has 0 aromatic carbocycles. The van der Waals surface area contributed by atoms with Gasteiger partial charge in [-0.2, -0.15) is 0 Å². The molecular formula is C14H16N2O. The van der Waals surface area contributed by atoms with Gasteiger partial charge in [0.15, 0.2) is 0 Å². The predicted molar refractivity (Wildman–Crippen MR) is 64.8 cm³/mol. The maximum Gasteiger partial charge on any atom is 0.236 e. The summed E-state index contributed by atoms with van der Waals surface area (Å²) in [4.78, 5) is 14.5. The Morgan fingerprint density at radius 3 is 3.24 bits per heavy atom. The number of piperidine rings is 1. The van der Waals surface area contributed by atoms with E-state index in [-0.39, 0.29) is 5.92 Å². The number of nitrogens with zero attached hydrogens (tertiary/aromatic N) is 1. The van der Waals surface area contributed by atoms with Crippen molar-refractivity contribution >= 4 is 5.91 Å². The molecule has 1 fully saturated rings. The smallest absolute Gasteiger partial charge is 0.236 e. The van der Waals surface area contributed by atoms with Crippen LogP contribution in [0, 0.1) is 5.92 Å². The first-order valence-corrected chi connectivity index (χ1v) is 6.55. The van der Waals surface area contributed by atoms with Crippen molar-refractivity contribution in [2.45, 2.75) is 31.7 Å². The van der Waals surface area contributed by atoms with Crippen LogP contribution in [0.25, 0.3) is 0 Å². The second kappa shape index (κ2) is 3.25. The van der Waals surface area contributed by atoms with Crippen LogP contribution in [0.4, 0.5) is 0 Å². The van der Waals surface area contributed by atoms with Gasteiger partial charge in [-0.25, -0.2) is 0 Å². The predicted octanol–water partition coefficient (Wildman–Crippen LogP) is 1.70. The number of carbonyl (C=O) groups is 1. The number of nitrogens with one attached hydrogen (secondary N) is 1. The van der Waals surface area contributed by atoms with Gasteiger partial charge in [-0.15, -0.1) is 0 Å². The van der Waals surface area contributed by atoms with Gasteiger partial charge in [0.1, 0.15) is 0 Å². The molecule has 0 saturated carbocycles. The van der Waals surface area contributed by atoms with Crippen LogP contribution < -0.4 is 5.32 Å². The summed E-state index contributed by atoms with van der Waals surface area (Å²) in [6, 6.07) is 0.322. The van der Waals surface area contributed by atoms with E-state index in [0.29, 0.717) is 11.9 Å². The molecule has 4 aliphatic rings. The number of hydrogen-bond acceptors (Lipinski definition) is 2. The van der Waals surface area contributed by atoms with Gasteiger partial charge in [-0.05, 0) is 37.3 Å². The summed E-state index contributed by atoms with van der Waals surface area (Å²) in [6.45, 7) is 1.01. The molecule has 2 unspecified atom stereocenters. The summed E-state index contributed by atoms with van der Waals surface area (Å²) >= 11 is 0. The topological polar surface area (TPSA) is 32.3 Å². The van der Waals surface area contributed by atoms with Crippen LogP contribution in [0.3, 0.4) is 0 Å². The summed E-state index contributed by atoms with van der Waals surface area (Å²) in [5, 5.41) is 3.44. The SMILES string of the molecule is O=C1C2CCCNC2=C2C=C3C=CCCC3N12. The van der Waals surface area contributed by atoms with Crippen molar-refractivity contribution in [2.24, 2.45) is 5.92 Å². The van der Waals surface area contributed by atoms with E-state index in [9.17, 15) is 4.79 Å². The van der Waals surface area contributed by atoms with E-state index in [1.165, 1.54) is 11.3 Å². The van der Waals surface area contributed by atoms with Crippen molar-refractivity contribution in [3.05, 3.63) is 35.2 Å². The van der Waals surface area contributed by atoms with Gasteiger partial charge < -0.3 is 10.2 Å². The molecule has 4 rings (SSSR count). The zero-order chi connectivity index (χ0) is 11.4. The Hall–Kier alpha value is -1.51. The van der Waals surface area contributed by atoms with Crippen molar-refractivity contribution < 1.29 is 4.79 Å². The minimum Gasteiger partial charge on any atom is -0.386 e. The molecule has 88 valence electrons. The van der Waals surface area contributed by atoms with Crippen LogP contribution in [0.2, 0.25) is 0 Å². The average Bonchev–Trinajstić information content (AvgIpc) is 2.88. The van der Waals surface area contributed by atoms with Gasteiger partial charge in [0.2, 0.25) is 5.91 Å². The molecule has 1 saturated heterocycles. The van der Waals surface area contributed by atoms with E-state index in [1.807, 2.05) is 0 Å². The summed E-state index contributed by atoms with van der Waals surface area (Å²) < 4.78 is 0. The Labute approximate surface area is 101 Å². The lowest BCUT2D eigenvalue weighted by Crippen LogP contribution is -2.37. The van der Waals surface area contributed by atoms with Crippen molar-refractivity contribution in [1.29, 1.82) is 0 Å². The van der Waals surface area contributed by atoms with Gasteiger partial charge >= 0.3 is 0 Å². The Morgan fingerprint density at radius 2 is 2.29 bits per heavy atom. The average molecular weight is 228 g/mol. The van der Waals surface area contributed by atoms with Crippen molar-refractivity contribution in [3.8, 4) is 0 Å². The molecule has 1 aliphatic carbocycles. The molecule has 1 amide bonds. The minimum atomic E-state index is 0.127. The monoisotopic (exact) mass is 228 g/mol. The van der Waals surface area contributed by atoms with Gasteiger partial charge in [0.05, 0.1) is 17.7 Å². The van der Waals surface area contributed by atoms with Crippen LogP contribution in [0.15, 0.2) is 35.2 Å². The number of hydrogen-bond donors (Lipinski definition) is 1. The summed E-state index contributed by atoms with van der Waals surface area (Å²) in [5.41, 5.74) is 3.67. The van der Waals surface area contributed by atoms with E-state index in [1.54, 1.807) is 0 Å². The first kappa shape index (κ1) is 9.51. The molecule has 1 N–H and O–H groups in total. The molecule has 0 spiro atoms. The summed E-state index contributed by atoms with van der Waals surface area (Å²) in [6.07, 6.45) is 10.9. The maximum atomic E-state index is 12.5. The van der Waals surface area contributed by atoms with E-state index in [4.69, 9.17) is 0 Å². The number of carbonyl (C=O) groups excluding carboxylic acids is 1. The molecule has 3 nitrogen and oxygen atoms in total. The highest BCUT2D eigenvalue weighted by Gasteiger charge is 2.46. The van der Waals surface area contributed by atoms with E-state index < -0.39 is 0 Å². The number of rotatable bonds is 0. The summed E-state index contributed by atoms with van der Waals surface area (Å²) in [5.74, 6) is 0.455. The zero-order valence-electron chi connectivity index (χ0n) is 9.78. The second-order valence-electron chi connectivity index (χ2n) is 5.27. The quantitative estimate of drug-likeness (QED) is 0.684. The minimum absolute atomic E-state index is 0.127. The number of allylic oxidation sites excluding steroid dienone is 2. The standard InChI is InChI=1S/C14H16N2O/c17-14-10-5-3-7-15-13(10)12-8-9-4-1-2-6-11(9)16(12)14/h1,4,8,10-11,15H,2-3,5-7H2. The highest BCUT2D eigenvalue weighted by molar-refractivity contribution is 5.90.